The Bertz CT molecular complexity index is 381. The van der Waals surface area contributed by atoms with Crippen LogP contribution in [0.1, 0.15) is 25.7 Å². The first-order valence-electron chi connectivity index (χ1n) is 5.77. The van der Waals surface area contributed by atoms with Gasteiger partial charge in [-0.2, -0.15) is 0 Å². The van der Waals surface area contributed by atoms with Crippen molar-refractivity contribution in [1.82, 2.24) is 4.98 Å². The molecule has 0 spiro atoms. The topological polar surface area (TPSA) is 42.4 Å². The minimum absolute atomic E-state index is 0.0130. The summed E-state index contributed by atoms with van der Waals surface area (Å²) in [6.07, 6.45) is 4.84. The molecule has 3 nitrogen and oxygen atoms in total. The molecule has 0 atom stereocenters. The third-order valence-corrected chi connectivity index (χ3v) is 3.31. The third kappa shape index (κ3) is 3.30. The average Bonchev–Trinajstić information content (AvgIpc) is 2.34. The van der Waals surface area contributed by atoms with Crippen molar-refractivity contribution in [2.75, 3.05) is 6.61 Å². The largest absolute Gasteiger partial charge is 0.472 e. The van der Waals surface area contributed by atoms with Crippen LogP contribution in [0.25, 0.3) is 0 Å². The van der Waals surface area contributed by atoms with Gasteiger partial charge in [0.05, 0.1) is 5.02 Å². The predicted octanol–water partition coefficient (Wildman–Crippen LogP) is 2.80. The van der Waals surface area contributed by atoms with Crippen molar-refractivity contribution in [2.24, 2.45) is 5.92 Å². The Hall–Kier alpha value is -0.870. The van der Waals surface area contributed by atoms with Gasteiger partial charge in [0.2, 0.25) is 0 Å². The summed E-state index contributed by atoms with van der Waals surface area (Å²) in [5, 5.41) is 9.28. The van der Waals surface area contributed by atoms with E-state index in [1.165, 1.54) is 12.3 Å². The molecule has 0 amide bonds. The van der Waals surface area contributed by atoms with E-state index in [1.807, 2.05) is 0 Å². The highest BCUT2D eigenvalue weighted by Gasteiger charge is 2.23. The van der Waals surface area contributed by atoms with Gasteiger partial charge in [-0.05, 0) is 37.7 Å². The fourth-order valence-electron chi connectivity index (χ4n) is 2.08. The van der Waals surface area contributed by atoms with Gasteiger partial charge in [-0.3, -0.25) is 0 Å². The van der Waals surface area contributed by atoms with Crippen LogP contribution in [0.5, 0.6) is 5.88 Å². The lowest BCUT2D eigenvalue weighted by Gasteiger charge is -2.27. The monoisotopic (exact) mass is 259 g/mol. The molecule has 1 fully saturated rings. The summed E-state index contributed by atoms with van der Waals surface area (Å²) in [6.45, 7) is 0.222. The molecule has 0 aromatic carbocycles. The second kappa shape index (κ2) is 5.65. The quantitative estimate of drug-likeness (QED) is 0.908. The number of ether oxygens (including phenoxy) is 1. The molecule has 0 aliphatic heterocycles. The van der Waals surface area contributed by atoms with E-state index in [2.05, 4.69) is 4.98 Å². The van der Waals surface area contributed by atoms with E-state index in [0.29, 0.717) is 5.92 Å². The first-order valence-corrected chi connectivity index (χ1v) is 6.15. The fraction of sp³-hybridized carbons (Fsp3) is 0.583. The number of aliphatic hydroxyl groups excluding tert-OH is 1. The number of aromatic nitrogens is 1. The summed E-state index contributed by atoms with van der Waals surface area (Å²) in [6, 6.07) is 1.20. The summed E-state index contributed by atoms with van der Waals surface area (Å²) in [7, 11) is 0. The molecule has 1 saturated carbocycles. The van der Waals surface area contributed by atoms with E-state index in [1.54, 1.807) is 0 Å². The van der Waals surface area contributed by atoms with Crippen LogP contribution >= 0.6 is 11.6 Å². The molecule has 1 aliphatic rings. The molecule has 0 bridgehead atoms. The molecule has 0 saturated heterocycles. The Labute approximate surface area is 105 Å². The molecule has 1 heterocycles. The number of hydrogen-bond acceptors (Lipinski definition) is 3. The van der Waals surface area contributed by atoms with Gasteiger partial charge >= 0.3 is 0 Å². The first-order chi connectivity index (χ1) is 8.19. The van der Waals surface area contributed by atoms with E-state index in [-0.39, 0.29) is 23.6 Å². The van der Waals surface area contributed by atoms with Gasteiger partial charge in [-0.25, -0.2) is 9.37 Å². The molecule has 1 N–H and O–H groups in total. The van der Waals surface area contributed by atoms with Crippen LogP contribution in [-0.2, 0) is 0 Å². The van der Waals surface area contributed by atoms with Crippen LogP contribution in [-0.4, -0.2) is 22.8 Å². The smallest absolute Gasteiger partial charge is 0.250 e. The third-order valence-electron chi connectivity index (χ3n) is 3.10. The zero-order chi connectivity index (χ0) is 12.3. The molecule has 17 heavy (non-hydrogen) atoms. The lowest BCUT2D eigenvalue weighted by atomic mass is 9.88. The Morgan fingerprint density at radius 1 is 1.41 bits per heavy atom. The van der Waals surface area contributed by atoms with E-state index in [0.717, 1.165) is 25.7 Å². The molecule has 1 aromatic rings. The summed E-state index contributed by atoms with van der Waals surface area (Å²) >= 11 is 5.61. The second-order valence-electron chi connectivity index (χ2n) is 4.38. The molecular weight excluding hydrogens is 245 g/mol. The lowest BCUT2D eigenvalue weighted by molar-refractivity contribution is 0.0969. The Morgan fingerprint density at radius 3 is 2.71 bits per heavy atom. The Morgan fingerprint density at radius 2 is 2.12 bits per heavy atom. The van der Waals surface area contributed by atoms with E-state index in [4.69, 9.17) is 21.4 Å². The van der Waals surface area contributed by atoms with E-state index < -0.39 is 5.82 Å². The van der Waals surface area contributed by atoms with Gasteiger partial charge in [-0.15, -0.1) is 0 Å². The number of nitrogens with zero attached hydrogens (tertiary/aromatic N) is 1. The summed E-state index contributed by atoms with van der Waals surface area (Å²) in [5.74, 6) is -0.151. The second-order valence-corrected chi connectivity index (χ2v) is 4.82. The summed E-state index contributed by atoms with van der Waals surface area (Å²) < 4.78 is 18.9. The van der Waals surface area contributed by atoms with Gasteiger partial charge in [0, 0.05) is 12.8 Å². The van der Waals surface area contributed by atoms with Crippen LogP contribution < -0.4 is 4.74 Å². The fourth-order valence-corrected chi connectivity index (χ4v) is 2.22. The first kappa shape index (κ1) is 12.6. The van der Waals surface area contributed by atoms with Crippen molar-refractivity contribution in [3.05, 3.63) is 23.1 Å². The predicted molar refractivity (Wildman–Crippen MR) is 62.7 cm³/mol. The number of halogens is 2. The molecule has 2 rings (SSSR count). The van der Waals surface area contributed by atoms with Crippen LogP contribution in [0, 0.1) is 11.7 Å². The van der Waals surface area contributed by atoms with Crippen LogP contribution in [0.3, 0.4) is 0 Å². The van der Waals surface area contributed by atoms with Crippen molar-refractivity contribution in [3.8, 4) is 5.88 Å². The zero-order valence-electron chi connectivity index (χ0n) is 9.40. The summed E-state index contributed by atoms with van der Waals surface area (Å²) in [4.78, 5) is 3.83. The number of pyridine rings is 1. The number of rotatable bonds is 3. The van der Waals surface area contributed by atoms with Gasteiger partial charge in [0.25, 0.3) is 5.88 Å². The van der Waals surface area contributed by atoms with Crippen LogP contribution in [0.2, 0.25) is 5.02 Å². The van der Waals surface area contributed by atoms with Crippen LogP contribution in [0.4, 0.5) is 4.39 Å². The van der Waals surface area contributed by atoms with Gasteiger partial charge in [0.15, 0.2) is 5.82 Å². The lowest BCUT2D eigenvalue weighted by Crippen LogP contribution is -2.26. The van der Waals surface area contributed by atoms with E-state index in [9.17, 15) is 4.39 Å². The van der Waals surface area contributed by atoms with Crippen molar-refractivity contribution >= 4 is 11.6 Å². The minimum atomic E-state index is -0.526. The standard InChI is InChI=1S/C12H15ClFNO2/c13-9-5-11(14)12(15-6-9)17-10-3-1-8(7-16)2-4-10/h5-6,8,10,16H,1-4,7H2. The molecule has 0 unspecified atom stereocenters. The summed E-state index contributed by atoms with van der Waals surface area (Å²) in [5.41, 5.74) is 0. The number of hydrogen-bond donors (Lipinski definition) is 1. The SMILES string of the molecule is OCC1CCC(Oc2ncc(Cl)cc2F)CC1. The van der Waals surface area contributed by atoms with Crippen LogP contribution in [0.15, 0.2) is 12.3 Å². The van der Waals surface area contributed by atoms with E-state index >= 15 is 0 Å². The van der Waals surface area contributed by atoms with Crippen molar-refractivity contribution in [2.45, 2.75) is 31.8 Å². The molecular formula is C12H15ClFNO2. The molecule has 5 heteroatoms. The Balaban J connectivity index is 1.93. The molecule has 1 aromatic heterocycles. The van der Waals surface area contributed by atoms with Crippen molar-refractivity contribution < 1.29 is 14.2 Å². The number of aliphatic hydroxyl groups is 1. The van der Waals surface area contributed by atoms with Crippen molar-refractivity contribution in [3.63, 3.8) is 0 Å². The van der Waals surface area contributed by atoms with Gasteiger partial charge in [0.1, 0.15) is 6.10 Å². The normalized spacial score (nSPS) is 24.6. The Kier molecular flexibility index (Phi) is 4.18. The molecule has 0 radical (unpaired) electrons. The highest BCUT2D eigenvalue weighted by molar-refractivity contribution is 6.30. The maximum atomic E-state index is 13.4. The van der Waals surface area contributed by atoms with Gasteiger partial charge in [-0.1, -0.05) is 11.6 Å². The maximum absolute atomic E-state index is 13.4. The maximum Gasteiger partial charge on any atom is 0.250 e. The molecule has 94 valence electrons. The highest BCUT2D eigenvalue weighted by Crippen LogP contribution is 2.28. The minimum Gasteiger partial charge on any atom is -0.472 e. The van der Waals surface area contributed by atoms with Crippen molar-refractivity contribution in [1.29, 1.82) is 0 Å². The van der Waals surface area contributed by atoms with Gasteiger partial charge < -0.3 is 9.84 Å². The average molecular weight is 260 g/mol. The highest BCUT2D eigenvalue weighted by atomic mass is 35.5. The zero-order valence-corrected chi connectivity index (χ0v) is 10.2. The molecule has 1 aliphatic carbocycles.